The summed E-state index contributed by atoms with van der Waals surface area (Å²) in [5.41, 5.74) is 8.08. The van der Waals surface area contributed by atoms with Crippen LogP contribution in [0.25, 0.3) is 0 Å². The number of hydrogen-bond donors (Lipinski definition) is 1. The Labute approximate surface area is 96.6 Å². The minimum Gasteiger partial charge on any atom is -0.321 e. The number of rotatable bonds is 2. The molecule has 1 aliphatic rings. The van der Waals surface area contributed by atoms with Gasteiger partial charge >= 0.3 is 0 Å². The molecule has 0 atom stereocenters. The van der Waals surface area contributed by atoms with Crippen LogP contribution in [0.15, 0.2) is 23.1 Å². The van der Waals surface area contributed by atoms with Gasteiger partial charge in [-0.25, -0.2) is 8.42 Å². The average Bonchev–Trinajstić information content (AvgIpc) is 2.12. The highest BCUT2D eigenvalue weighted by molar-refractivity contribution is 7.90. The molecular formula is C12H17NO2S. The van der Waals surface area contributed by atoms with Gasteiger partial charge in [0.1, 0.15) is 0 Å². The van der Waals surface area contributed by atoms with E-state index in [4.69, 9.17) is 5.73 Å². The molecule has 1 aromatic rings. The molecule has 88 valence electrons. The largest absolute Gasteiger partial charge is 0.321 e. The molecule has 1 saturated carbocycles. The zero-order valence-electron chi connectivity index (χ0n) is 9.66. The smallest absolute Gasteiger partial charge is 0.175 e. The monoisotopic (exact) mass is 239 g/mol. The summed E-state index contributed by atoms with van der Waals surface area (Å²) < 4.78 is 22.8. The van der Waals surface area contributed by atoms with Gasteiger partial charge < -0.3 is 5.73 Å². The zero-order chi connectivity index (χ0) is 12.0. The second-order valence-electron chi connectivity index (χ2n) is 4.76. The SMILES string of the molecule is Cc1cc(S(C)(=O)=O)ccc1C1(N)CCC1. The molecule has 0 bridgehead atoms. The van der Waals surface area contributed by atoms with Gasteiger partial charge in [-0.3, -0.25) is 0 Å². The molecule has 1 aliphatic carbocycles. The van der Waals surface area contributed by atoms with Gasteiger partial charge in [0.05, 0.1) is 4.90 Å². The summed E-state index contributed by atoms with van der Waals surface area (Å²) >= 11 is 0. The minimum atomic E-state index is -3.12. The van der Waals surface area contributed by atoms with E-state index in [0.717, 1.165) is 30.4 Å². The molecule has 2 rings (SSSR count). The van der Waals surface area contributed by atoms with Crippen LogP contribution in [0.4, 0.5) is 0 Å². The standard InChI is InChI=1S/C12H17NO2S/c1-9-8-10(16(2,14)15)4-5-11(9)12(13)6-3-7-12/h4-5,8H,3,6-7,13H2,1-2H3. The second-order valence-corrected chi connectivity index (χ2v) is 6.77. The van der Waals surface area contributed by atoms with Crippen LogP contribution >= 0.6 is 0 Å². The highest BCUT2D eigenvalue weighted by Crippen LogP contribution is 2.40. The van der Waals surface area contributed by atoms with Crippen molar-refractivity contribution >= 4 is 9.84 Å². The summed E-state index contributed by atoms with van der Waals surface area (Å²) in [5, 5.41) is 0. The van der Waals surface area contributed by atoms with Gasteiger partial charge in [0, 0.05) is 11.8 Å². The van der Waals surface area contributed by atoms with Gasteiger partial charge in [-0.2, -0.15) is 0 Å². The molecule has 1 aromatic carbocycles. The second kappa shape index (κ2) is 3.57. The highest BCUT2D eigenvalue weighted by atomic mass is 32.2. The maximum absolute atomic E-state index is 11.4. The van der Waals surface area contributed by atoms with E-state index in [1.807, 2.05) is 13.0 Å². The van der Waals surface area contributed by atoms with Crippen LogP contribution in [0, 0.1) is 6.92 Å². The van der Waals surface area contributed by atoms with Crippen molar-refractivity contribution in [1.29, 1.82) is 0 Å². The summed E-state index contributed by atoms with van der Waals surface area (Å²) in [6.45, 7) is 1.93. The lowest BCUT2D eigenvalue weighted by molar-refractivity contribution is 0.252. The molecule has 16 heavy (non-hydrogen) atoms. The van der Waals surface area contributed by atoms with E-state index in [2.05, 4.69) is 0 Å². The van der Waals surface area contributed by atoms with Crippen LogP contribution in [-0.2, 0) is 15.4 Å². The number of benzene rings is 1. The number of aryl methyl sites for hydroxylation is 1. The topological polar surface area (TPSA) is 60.2 Å². The van der Waals surface area contributed by atoms with E-state index in [-0.39, 0.29) is 5.54 Å². The van der Waals surface area contributed by atoms with Crippen LogP contribution in [0.3, 0.4) is 0 Å². The zero-order valence-corrected chi connectivity index (χ0v) is 10.5. The molecule has 0 aromatic heterocycles. The Morgan fingerprint density at radius 2 is 1.94 bits per heavy atom. The molecule has 0 amide bonds. The Kier molecular flexibility index (Phi) is 2.59. The van der Waals surface area contributed by atoms with E-state index in [0.29, 0.717) is 4.90 Å². The minimum absolute atomic E-state index is 0.222. The lowest BCUT2D eigenvalue weighted by atomic mass is 9.71. The van der Waals surface area contributed by atoms with Crippen LogP contribution in [0.1, 0.15) is 30.4 Å². The van der Waals surface area contributed by atoms with Crippen molar-refractivity contribution < 1.29 is 8.42 Å². The fourth-order valence-electron chi connectivity index (χ4n) is 2.25. The molecule has 4 heteroatoms. The van der Waals surface area contributed by atoms with Crippen molar-refractivity contribution in [2.45, 2.75) is 36.6 Å². The lowest BCUT2D eigenvalue weighted by Gasteiger charge is -2.39. The van der Waals surface area contributed by atoms with Gasteiger partial charge in [-0.1, -0.05) is 6.07 Å². The Bertz CT molecular complexity index is 516. The Balaban J connectivity index is 2.45. The number of sulfone groups is 1. The van der Waals surface area contributed by atoms with Crippen LogP contribution in [0.2, 0.25) is 0 Å². The predicted molar refractivity (Wildman–Crippen MR) is 64.0 cm³/mol. The van der Waals surface area contributed by atoms with Crippen molar-refractivity contribution in [3.8, 4) is 0 Å². The molecule has 2 N–H and O–H groups in total. The van der Waals surface area contributed by atoms with Gasteiger partial charge in [0.25, 0.3) is 0 Å². The van der Waals surface area contributed by atoms with E-state index < -0.39 is 9.84 Å². The molecule has 1 fully saturated rings. The van der Waals surface area contributed by atoms with Crippen molar-refractivity contribution in [3.05, 3.63) is 29.3 Å². The first-order chi connectivity index (χ1) is 7.33. The molecule has 0 spiro atoms. The average molecular weight is 239 g/mol. The molecule has 0 saturated heterocycles. The van der Waals surface area contributed by atoms with Gasteiger partial charge in [0.2, 0.25) is 0 Å². The third-order valence-corrected chi connectivity index (χ3v) is 4.52. The molecule has 0 unspecified atom stereocenters. The van der Waals surface area contributed by atoms with Crippen molar-refractivity contribution in [2.75, 3.05) is 6.26 Å². The Morgan fingerprint density at radius 3 is 2.31 bits per heavy atom. The van der Waals surface area contributed by atoms with Gasteiger partial charge in [0.15, 0.2) is 9.84 Å². The maximum Gasteiger partial charge on any atom is 0.175 e. The van der Waals surface area contributed by atoms with Crippen molar-refractivity contribution in [2.24, 2.45) is 5.73 Å². The maximum atomic E-state index is 11.4. The normalized spacial score (nSPS) is 19.2. The predicted octanol–water partition coefficient (Wildman–Crippen LogP) is 1.74. The molecule has 0 radical (unpaired) electrons. The summed E-state index contributed by atoms with van der Waals surface area (Å²) in [7, 11) is -3.12. The molecule has 0 aliphatic heterocycles. The summed E-state index contributed by atoms with van der Waals surface area (Å²) in [6, 6.07) is 5.24. The molecular weight excluding hydrogens is 222 g/mol. The van der Waals surface area contributed by atoms with E-state index in [1.54, 1.807) is 12.1 Å². The van der Waals surface area contributed by atoms with Gasteiger partial charge in [-0.05, 0) is 49.4 Å². The van der Waals surface area contributed by atoms with Crippen molar-refractivity contribution in [1.82, 2.24) is 0 Å². The van der Waals surface area contributed by atoms with Gasteiger partial charge in [-0.15, -0.1) is 0 Å². The number of nitrogens with two attached hydrogens (primary N) is 1. The van der Waals surface area contributed by atoms with E-state index in [9.17, 15) is 8.42 Å². The summed E-state index contributed by atoms with van der Waals surface area (Å²) in [6.07, 6.45) is 4.37. The quantitative estimate of drug-likeness (QED) is 0.855. The summed E-state index contributed by atoms with van der Waals surface area (Å²) in [4.78, 5) is 0.372. The number of hydrogen-bond acceptors (Lipinski definition) is 3. The first kappa shape index (κ1) is 11.6. The Morgan fingerprint density at radius 1 is 1.31 bits per heavy atom. The first-order valence-corrected chi connectivity index (χ1v) is 7.32. The van der Waals surface area contributed by atoms with Crippen LogP contribution < -0.4 is 5.73 Å². The van der Waals surface area contributed by atoms with Crippen LogP contribution in [0.5, 0.6) is 0 Å². The van der Waals surface area contributed by atoms with Crippen LogP contribution in [-0.4, -0.2) is 14.7 Å². The fourth-order valence-corrected chi connectivity index (χ4v) is 2.96. The first-order valence-electron chi connectivity index (χ1n) is 5.43. The van der Waals surface area contributed by atoms with E-state index in [1.165, 1.54) is 6.26 Å². The summed E-state index contributed by atoms with van der Waals surface area (Å²) in [5.74, 6) is 0. The molecule has 0 heterocycles. The highest BCUT2D eigenvalue weighted by Gasteiger charge is 2.35. The van der Waals surface area contributed by atoms with E-state index >= 15 is 0 Å². The van der Waals surface area contributed by atoms with Crippen molar-refractivity contribution in [3.63, 3.8) is 0 Å². The third kappa shape index (κ3) is 1.87. The third-order valence-electron chi connectivity index (χ3n) is 3.41. The Hall–Kier alpha value is -0.870. The fraction of sp³-hybridized carbons (Fsp3) is 0.500. The molecule has 3 nitrogen and oxygen atoms in total. The lowest BCUT2D eigenvalue weighted by Crippen LogP contribution is -2.43.